The Morgan fingerprint density at radius 3 is 2.27 bits per heavy atom. The summed E-state index contributed by atoms with van der Waals surface area (Å²) in [5, 5.41) is 14.8. The van der Waals surface area contributed by atoms with Gasteiger partial charge in [-0.2, -0.15) is 5.10 Å². The smallest absolute Gasteiger partial charge is 0.344 e. The maximum atomic E-state index is 12.2. The lowest BCUT2D eigenvalue weighted by atomic mass is 10.2. The van der Waals surface area contributed by atoms with Crippen LogP contribution in [0.1, 0.15) is 26.3 Å². The molecule has 0 bridgehead atoms. The summed E-state index contributed by atoms with van der Waals surface area (Å²) >= 11 is 3.30. The van der Waals surface area contributed by atoms with Gasteiger partial charge in [0.25, 0.3) is 11.6 Å². The van der Waals surface area contributed by atoms with Crippen LogP contribution in [0.2, 0.25) is 0 Å². The molecule has 0 aliphatic rings. The van der Waals surface area contributed by atoms with Crippen molar-refractivity contribution in [1.29, 1.82) is 0 Å². The first kappa shape index (κ1) is 20.9. The molecule has 3 rings (SSSR count). The molecule has 0 saturated carbocycles. The van der Waals surface area contributed by atoms with Gasteiger partial charge in [-0.15, -0.1) is 0 Å². The van der Waals surface area contributed by atoms with Gasteiger partial charge >= 0.3 is 5.97 Å². The fourth-order valence-electron chi connectivity index (χ4n) is 2.46. The molecule has 30 heavy (non-hydrogen) atoms. The van der Waals surface area contributed by atoms with Crippen molar-refractivity contribution in [2.45, 2.75) is 0 Å². The highest BCUT2D eigenvalue weighted by Crippen LogP contribution is 2.20. The SMILES string of the molecule is O=C(Oc1ccc(/C=N\NC(=O)c2ccccc2[N+](=O)[O-])cc1)c1ccccc1Br. The molecule has 0 radical (unpaired) electrons. The largest absolute Gasteiger partial charge is 0.423 e. The monoisotopic (exact) mass is 467 g/mol. The Bertz CT molecular complexity index is 1130. The van der Waals surface area contributed by atoms with Crippen molar-refractivity contribution in [2.75, 3.05) is 0 Å². The van der Waals surface area contributed by atoms with Gasteiger partial charge in [0.05, 0.1) is 16.7 Å². The predicted octanol–water partition coefficient (Wildman–Crippen LogP) is 4.34. The molecule has 150 valence electrons. The molecule has 3 aromatic carbocycles. The van der Waals surface area contributed by atoms with Crippen LogP contribution in [0.4, 0.5) is 5.69 Å². The number of esters is 1. The van der Waals surface area contributed by atoms with E-state index in [1.54, 1.807) is 48.5 Å². The van der Waals surface area contributed by atoms with Gasteiger partial charge in [-0.1, -0.05) is 24.3 Å². The highest BCUT2D eigenvalue weighted by molar-refractivity contribution is 9.10. The number of nitrogens with zero attached hydrogens (tertiary/aromatic N) is 2. The summed E-state index contributed by atoms with van der Waals surface area (Å²) < 4.78 is 5.96. The second-order valence-electron chi connectivity index (χ2n) is 5.91. The Morgan fingerprint density at radius 2 is 1.60 bits per heavy atom. The number of carbonyl (C=O) groups is 2. The van der Waals surface area contributed by atoms with Crippen LogP contribution in [-0.4, -0.2) is 23.0 Å². The minimum atomic E-state index is -0.697. The summed E-state index contributed by atoms with van der Waals surface area (Å²) in [6, 6.07) is 19.0. The molecule has 0 heterocycles. The number of hydrogen-bond acceptors (Lipinski definition) is 6. The second-order valence-corrected chi connectivity index (χ2v) is 6.77. The number of amides is 1. The number of hydrogen-bond donors (Lipinski definition) is 1. The standard InChI is InChI=1S/C21H14BrN3O5/c22-18-7-3-1-5-16(18)21(27)30-15-11-9-14(10-12-15)13-23-24-20(26)17-6-2-4-8-19(17)25(28)29/h1-13H,(H,24,26)/b23-13-. The predicted molar refractivity (Wildman–Crippen MR) is 114 cm³/mol. The van der Waals surface area contributed by atoms with Gasteiger partial charge in [-0.05, 0) is 64.0 Å². The molecule has 0 saturated heterocycles. The first-order valence-corrected chi connectivity index (χ1v) is 9.38. The summed E-state index contributed by atoms with van der Waals surface area (Å²) in [6.45, 7) is 0. The second kappa shape index (κ2) is 9.57. The third-order valence-corrected chi connectivity index (χ3v) is 4.60. The van der Waals surface area contributed by atoms with E-state index < -0.39 is 16.8 Å². The van der Waals surface area contributed by atoms with E-state index in [4.69, 9.17) is 4.74 Å². The molecule has 0 spiro atoms. The lowest BCUT2D eigenvalue weighted by Gasteiger charge is -2.06. The zero-order chi connectivity index (χ0) is 21.5. The van der Waals surface area contributed by atoms with Crippen molar-refractivity contribution < 1.29 is 19.2 Å². The molecule has 0 aliphatic carbocycles. The average Bonchev–Trinajstić information content (AvgIpc) is 2.75. The Morgan fingerprint density at radius 1 is 0.967 bits per heavy atom. The number of benzene rings is 3. The van der Waals surface area contributed by atoms with Crippen LogP contribution in [0.25, 0.3) is 0 Å². The number of nitro groups is 1. The Hall–Kier alpha value is -3.85. The minimum absolute atomic E-state index is 0.0889. The number of carbonyl (C=O) groups excluding carboxylic acids is 2. The number of nitro benzene ring substituents is 1. The third kappa shape index (κ3) is 5.15. The summed E-state index contributed by atoms with van der Waals surface area (Å²) in [5.41, 5.74) is 2.89. The van der Waals surface area contributed by atoms with Crippen LogP contribution >= 0.6 is 15.9 Å². The van der Waals surface area contributed by atoms with E-state index in [1.807, 2.05) is 0 Å². The maximum absolute atomic E-state index is 12.2. The van der Waals surface area contributed by atoms with Gasteiger partial charge in [0.1, 0.15) is 11.3 Å². The molecule has 0 aromatic heterocycles. The molecule has 1 amide bonds. The van der Waals surface area contributed by atoms with E-state index >= 15 is 0 Å². The van der Waals surface area contributed by atoms with Crippen molar-refractivity contribution in [3.8, 4) is 5.75 Å². The molecule has 1 N–H and O–H groups in total. The molecule has 8 nitrogen and oxygen atoms in total. The van der Waals surface area contributed by atoms with E-state index in [-0.39, 0.29) is 11.3 Å². The number of ether oxygens (including phenoxy) is 1. The van der Waals surface area contributed by atoms with Crippen LogP contribution in [0.3, 0.4) is 0 Å². The molecular weight excluding hydrogens is 454 g/mol. The van der Waals surface area contributed by atoms with Crippen LogP contribution in [-0.2, 0) is 0 Å². The zero-order valence-corrected chi connectivity index (χ0v) is 16.9. The van der Waals surface area contributed by atoms with Crippen molar-refractivity contribution in [1.82, 2.24) is 5.43 Å². The summed E-state index contributed by atoms with van der Waals surface area (Å²) in [7, 11) is 0. The first-order valence-electron chi connectivity index (χ1n) is 8.59. The molecule has 9 heteroatoms. The first-order chi connectivity index (χ1) is 14.5. The Balaban J connectivity index is 1.61. The van der Waals surface area contributed by atoms with Gasteiger partial charge in [0.15, 0.2) is 0 Å². The van der Waals surface area contributed by atoms with E-state index in [2.05, 4.69) is 26.5 Å². The van der Waals surface area contributed by atoms with Crippen molar-refractivity contribution in [2.24, 2.45) is 5.10 Å². The lowest BCUT2D eigenvalue weighted by molar-refractivity contribution is -0.385. The highest BCUT2D eigenvalue weighted by Gasteiger charge is 2.18. The van der Waals surface area contributed by atoms with E-state index in [0.29, 0.717) is 21.3 Å². The number of nitrogens with one attached hydrogen (secondary N) is 1. The normalized spacial score (nSPS) is 10.6. The molecule has 0 aliphatic heterocycles. The van der Waals surface area contributed by atoms with Gasteiger partial charge in [0, 0.05) is 10.5 Å². The van der Waals surface area contributed by atoms with Crippen LogP contribution < -0.4 is 10.2 Å². The molecule has 0 atom stereocenters. The summed E-state index contributed by atoms with van der Waals surface area (Å²) in [5.74, 6) is -0.852. The van der Waals surface area contributed by atoms with Crippen LogP contribution in [0.5, 0.6) is 5.75 Å². The Labute approximate surface area is 179 Å². The number of rotatable bonds is 6. The van der Waals surface area contributed by atoms with E-state index in [9.17, 15) is 19.7 Å². The lowest BCUT2D eigenvalue weighted by Crippen LogP contribution is -2.18. The molecule has 0 fully saturated rings. The quantitative estimate of drug-likeness (QED) is 0.190. The fourth-order valence-corrected chi connectivity index (χ4v) is 2.91. The Kier molecular flexibility index (Phi) is 6.66. The topological polar surface area (TPSA) is 111 Å². The number of hydrazone groups is 1. The van der Waals surface area contributed by atoms with E-state index in [0.717, 1.165) is 0 Å². The van der Waals surface area contributed by atoms with Crippen LogP contribution in [0, 0.1) is 10.1 Å². The van der Waals surface area contributed by atoms with Crippen LogP contribution in [0.15, 0.2) is 82.4 Å². The fraction of sp³-hybridized carbons (Fsp3) is 0. The molecule has 3 aromatic rings. The molecule has 0 unspecified atom stereocenters. The van der Waals surface area contributed by atoms with Gasteiger partial charge in [0.2, 0.25) is 0 Å². The number of para-hydroxylation sites is 1. The highest BCUT2D eigenvalue weighted by atomic mass is 79.9. The molecular formula is C21H14BrN3O5. The van der Waals surface area contributed by atoms with Gasteiger partial charge in [-0.3, -0.25) is 14.9 Å². The summed E-state index contributed by atoms with van der Waals surface area (Å²) in [6.07, 6.45) is 1.37. The maximum Gasteiger partial charge on any atom is 0.344 e. The number of halogens is 1. The third-order valence-electron chi connectivity index (χ3n) is 3.91. The van der Waals surface area contributed by atoms with Crippen molar-refractivity contribution >= 4 is 39.7 Å². The zero-order valence-electron chi connectivity index (χ0n) is 15.3. The van der Waals surface area contributed by atoms with Gasteiger partial charge < -0.3 is 4.74 Å². The minimum Gasteiger partial charge on any atom is -0.423 e. The van der Waals surface area contributed by atoms with Gasteiger partial charge in [-0.25, -0.2) is 10.2 Å². The van der Waals surface area contributed by atoms with E-state index in [1.165, 1.54) is 30.5 Å². The van der Waals surface area contributed by atoms with Crippen molar-refractivity contribution in [3.63, 3.8) is 0 Å². The average molecular weight is 468 g/mol. The summed E-state index contributed by atoms with van der Waals surface area (Å²) in [4.78, 5) is 34.7. The van der Waals surface area contributed by atoms with Crippen molar-refractivity contribution in [3.05, 3.63) is 104 Å².